The van der Waals surface area contributed by atoms with Crippen molar-refractivity contribution in [2.24, 2.45) is 0 Å². The van der Waals surface area contributed by atoms with Crippen molar-refractivity contribution in [2.75, 3.05) is 5.32 Å². The summed E-state index contributed by atoms with van der Waals surface area (Å²) in [6.45, 7) is 5.91. The molecular weight excluding hydrogens is 304 g/mol. The molecule has 5 nitrogen and oxygen atoms in total. The van der Waals surface area contributed by atoms with Crippen molar-refractivity contribution in [3.8, 4) is 0 Å². The molecule has 0 aromatic heterocycles. The number of hydrogen-bond acceptors (Lipinski definition) is 3. The number of rotatable bonds is 5. The Bertz CT molecular complexity index is 778. The highest BCUT2D eigenvalue weighted by Crippen LogP contribution is 2.22. The van der Waals surface area contributed by atoms with Gasteiger partial charge in [0.2, 0.25) is 5.91 Å². The summed E-state index contributed by atoms with van der Waals surface area (Å²) in [5, 5.41) is 13.6. The summed E-state index contributed by atoms with van der Waals surface area (Å²) in [6.07, 6.45) is 3.12. The minimum absolute atomic E-state index is 0.0129. The number of carbonyl (C=O) groups is 1. The average molecular weight is 324 g/mol. The first-order chi connectivity index (χ1) is 11.4. The first-order valence-electron chi connectivity index (χ1n) is 7.71. The largest absolute Gasteiger partial charge is 0.322 e. The lowest BCUT2D eigenvalue weighted by molar-refractivity contribution is -0.385. The molecule has 0 saturated heterocycles. The van der Waals surface area contributed by atoms with Crippen LogP contribution in [0.3, 0.4) is 0 Å². The molecule has 5 heteroatoms. The molecule has 0 aliphatic rings. The van der Waals surface area contributed by atoms with Crippen molar-refractivity contribution >= 4 is 23.4 Å². The Kier molecular flexibility index (Phi) is 5.47. The third-order valence-corrected chi connectivity index (χ3v) is 3.70. The SMILES string of the molecule is Cc1ccc(NC(=O)/C=C/c2ccc(C(C)C)cc2)cc1[N+](=O)[O-]. The Hall–Kier alpha value is -2.95. The van der Waals surface area contributed by atoms with Gasteiger partial charge in [0.25, 0.3) is 5.69 Å². The van der Waals surface area contributed by atoms with E-state index in [1.165, 1.54) is 17.7 Å². The predicted molar refractivity (Wildman–Crippen MR) is 96.0 cm³/mol. The van der Waals surface area contributed by atoms with Crippen LogP contribution in [0.1, 0.15) is 36.5 Å². The number of nitrogens with one attached hydrogen (secondary N) is 1. The Morgan fingerprint density at radius 3 is 2.42 bits per heavy atom. The molecule has 0 unspecified atom stereocenters. The summed E-state index contributed by atoms with van der Waals surface area (Å²) >= 11 is 0. The second kappa shape index (κ2) is 7.55. The predicted octanol–water partition coefficient (Wildman–Crippen LogP) is 4.68. The highest BCUT2D eigenvalue weighted by Gasteiger charge is 2.11. The van der Waals surface area contributed by atoms with Gasteiger partial charge in [0.1, 0.15) is 0 Å². The van der Waals surface area contributed by atoms with Gasteiger partial charge in [-0.3, -0.25) is 14.9 Å². The molecule has 0 aliphatic carbocycles. The van der Waals surface area contributed by atoms with E-state index in [1.807, 2.05) is 24.3 Å². The molecule has 2 rings (SSSR count). The first-order valence-corrected chi connectivity index (χ1v) is 7.71. The van der Waals surface area contributed by atoms with E-state index in [2.05, 4.69) is 19.2 Å². The molecule has 24 heavy (non-hydrogen) atoms. The topological polar surface area (TPSA) is 72.2 Å². The maximum Gasteiger partial charge on any atom is 0.274 e. The van der Waals surface area contributed by atoms with Gasteiger partial charge < -0.3 is 5.32 Å². The molecule has 0 fully saturated rings. The Morgan fingerprint density at radius 1 is 1.17 bits per heavy atom. The Morgan fingerprint density at radius 2 is 1.83 bits per heavy atom. The van der Waals surface area contributed by atoms with Crippen LogP contribution >= 0.6 is 0 Å². The van der Waals surface area contributed by atoms with Crippen LogP contribution in [0.25, 0.3) is 6.08 Å². The first kappa shape index (κ1) is 17.4. The normalized spacial score (nSPS) is 11.0. The molecule has 0 spiro atoms. The number of nitro groups is 1. The molecule has 0 saturated carbocycles. The summed E-state index contributed by atoms with van der Waals surface area (Å²) in [7, 11) is 0. The van der Waals surface area contributed by atoms with Crippen LogP contribution in [-0.2, 0) is 4.79 Å². The molecule has 1 amide bonds. The second-order valence-corrected chi connectivity index (χ2v) is 5.90. The smallest absolute Gasteiger partial charge is 0.274 e. The Labute approximate surface area is 141 Å². The molecule has 0 aliphatic heterocycles. The summed E-state index contributed by atoms with van der Waals surface area (Å²) < 4.78 is 0. The fourth-order valence-corrected chi connectivity index (χ4v) is 2.23. The van der Waals surface area contributed by atoms with Gasteiger partial charge >= 0.3 is 0 Å². The van der Waals surface area contributed by atoms with Gasteiger partial charge in [0.15, 0.2) is 0 Å². The van der Waals surface area contributed by atoms with Crippen molar-refractivity contribution in [1.29, 1.82) is 0 Å². The summed E-state index contributed by atoms with van der Waals surface area (Å²) in [4.78, 5) is 22.4. The van der Waals surface area contributed by atoms with E-state index in [0.717, 1.165) is 5.56 Å². The zero-order chi connectivity index (χ0) is 17.7. The van der Waals surface area contributed by atoms with Gasteiger partial charge in [-0.15, -0.1) is 0 Å². The molecule has 0 bridgehead atoms. The molecule has 0 radical (unpaired) electrons. The van der Waals surface area contributed by atoms with Crippen LogP contribution in [0.4, 0.5) is 11.4 Å². The fraction of sp³-hybridized carbons (Fsp3) is 0.211. The lowest BCUT2D eigenvalue weighted by Gasteiger charge is -2.05. The van der Waals surface area contributed by atoms with Crippen LogP contribution in [0.5, 0.6) is 0 Å². The number of nitrogens with zero attached hydrogens (tertiary/aromatic N) is 1. The van der Waals surface area contributed by atoms with Gasteiger partial charge in [-0.2, -0.15) is 0 Å². The van der Waals surface area contributed by atoms with Gasteiger partial charge in [0, 0.05) is 23.4 Å². The molecule has 0 atom stereocenters. The van der Waals surface area contributed by atoms with Crippen molar-refractivity contribution < 1.29 is 9.72 Å². The van der Waals surface area contributed by atoms with Crippen LogP contribution < -0.4 is 5.32 Å². The molecule has 1 N–H and O–H groups in total. The van der Waals surface area contributed by atoms with Crippen LogP contribution in [0.15, 0.2) is 48.5 Å². The summed E-state index contributed by atoms with van der Waals surface area (Å²) in [5.74, 6) is 0.129. The number of carbonyl (C=O) groups excluding carboxylic acids is 1. The number of anilines is 1. The van der Waals surface area contributed by atoms with Crippen molar-refractivity contribution in [2.45, 2.75) is 26.7 Å². The van der Waals surface area contributed by atoms with Crippen molar-refractivity contribution in [1.82, 2.24) is 0 Å². The molecule has 2 aromatic carbocycles. The number of aryl methyl sites for hydroxylation is 1. The lowest BCUT2D eigenvalue weighted by Crippen LogP contribution is -2.08. The van der Waals surface area contributed by atoms with Crippen LogP contribution in [0.2, 0.25) is 0 Å². The van der Waals surface area contributed by atoms with E-state index in [0.29, 0.717) is 17.2 Å². The monoisotopic (exact) mass is 324 g/mol. The van der Waals surface area contributed by atoms with E-state index in [1.54, 1.807) is 25.1 Å². The van der Waals surface area contributed by atoms with Crippen molar-refractivity contribution in [3.05, 3.63) is 75.3 Å². The van der Waals surface area contributed by atoms with E-state index in [-0.39, 0.29) is 11.6 Å². The standard InChI is InChI=1S/C19H20N2O3/c1-13(2)16-8-5-15(6-9-16)7-11-19(22)20-17-10-4-14(3)18(12-17)21(23)24/h4-13H,1-3H3,(H,20,22)/b11-7+. The molecular formula is C19H20N2O3. The molecule has 2 aromatic rings. The van der Waals surface area contributed by atoms with Gasteiger partial charge in [-0.1, -0.05) is 44.2 Å². The van der Waals surface area contributed by atoms with Gasteiger partial charge in [0.05, 0.1) is 4.92 Å². The van der Waals surface area contributed by atoms with E-state index < -0.39 is 4.92 Å². The molecule has 124 valence electrons. The minimum Gasteiger partial charge on any atom is -0.322 e. The zero-order valence-corrected chi connectivity index (χ0v) is 13.9. The van der Waals surface area contributed by atoms with E-state index in [4.69, 9.17) is 0 Å². The number of hydrogen-bond donors (Lipinski definition) is 1. The second-order valence-electron chi connectivity index (χ2n) is 5.90. The maximum atomic E-state index is 12.0. The van der Waals surface area contributed by atoms with Crippen LogP contribution in [-0.4, -0.2) is 10.8 Å². The Balaban J connectivity index is 2.05. The number of benzene rings is 2. The van der Waals surface area contributed by atoms with Gasteiger partial charge in [-0.05, 0) is 36.1 Å². The molecule has 0 heterocycles. The quantitative estimate of drug-likeness (QED) is 0.493. The summed E-state index contributed by atoms with van der Waals surface area (Å²) in [5.41, 5.74) is 3.10. The lowest BCUT2D eigenvalue weighted by atomic mass is 10.0. The third kappa shape index (κ3) is 4.52. The highest BCUT2D eigenvalue weighted by molar-refractivity contribution is 6.02. The number of nitro benzene ring substituents is 1. The van der Waals surface area contributed by atoms with Gasteiger partial charge in [-0.25, -0.2) is 0 Å². The van der Waals surface area contributed by atoms with E-state index >= 15 is 0 Å². The number of amides is 1. The van der Waals surface area contributed by atoms with E-state index in [9.17, 15) is 14.9 Å². The highest BCUT2D eigenvalue weighted by atomic mass is 16.6. The average Bonchev–Trinajstić information content (AvgIpc) is 2.55. The van der Waals surface area contributed by atoms with Crippen molar-refractivity contribution in [3.63, 3.8) is 0 Å². The zero-order valence-electron chi connectivity index (χ0n) is 13.9. The minimum atomic E-state index is -0.461. The van der Waals surface area contributed by atoms with Crippen LogP contribution in [0, 0.1) is 17.0 Å². The maximum absolute atomic E-state index is 12.0. The fourth-order valence-electron chi connectivity index (χ4n) is 2.23. The third-order valence-electron chi connectivity index (χ3n) is 3.70. The summed E-state index contributed by atoms with van der Waals surface area (Å²) in [6, 6.07) is 12.6.